The quantitative estimate of drug-likeness (QED) is 0.841. The lowest BCUT2D eigenvalue weighted by Gasteiger charge is -2.34. The van der Waals surface area contributed by atoms with Crippen molar-refractivity contribution in [2.75, 3.05) is 25.9 Å². The molecule has 19 heavy (non-hydrogen) atoms. The van der Waals surface area contributed by atoms with E-state index in [-0.39, 0.29) is 5.91 Å². The fraction of sp³-hybridized carbons (Fsp3) is 0.533. The van der Waals surface area contributed by atoms with Crippen LogP contribution in [0.15, 0.2) is 29.2 Å². The molecule has 0 aromatic heterocycles. The normalized spacial score (nSPS) is 26.3. The van der Waals surface area contributed by atoms with Crippen molar-refractivity contribution in [3.05, 3.63) is 29.8 Å². The third-order valence-corrected chi connectivity index (χ3v) is 5.02. The van der Waals surface area contributed by atoms with Crippen molar-refractivity contribution < 1.29 is 4.79 Å². The molecule has 0 spiro atoms. The molecule has 2 fully saturated rings. The zero-order chi connectivity index (χ0) is 13.2. The van der Waals surface area contributed by atoms with Crippen LogP contribution in [-0.4, -0.2) is 42.7 Å². The van der Waals surface area contributed by atoms with Crippen molar-refractivity contribution in [3.8, 4) is 0 Å². The number of carbonyl (C=O) groups excluding carboxylic acids is 1. The molecule has 0 saturated carbocycles. The van der Waals surface area contributed by atoms with E-state index in [2.05, 4.69) is 11.6 Å². The van der Waals surface area contributed by atoms with Crippen molar-refractivity contribution in [3.63, 3.8) is 0 Å². The number of benzene rings is 1. The maximum absolute atomic E-state index is 12.5. The van der Waals surface area contributed by atoms with Crippen LogP contribution in [0.1, 0.15) is 23.2 Å². The van der Waals surface area contributed by atoms with Crippen LogP contribution in [0.2, 0.25) is 0 Å². The summed E-state index contributed by atoms with van der Waals surface area (Å²) in [5, 5.41) is 3.53. The highest BCUT2D eigenvalue weighted by atomic mass is 32.2. The van der Waals surface area contributed by atoms with E-state index < -0.39 is 0 Å². The van der Waals surface area contributed by atoms with Gasteiger partial charge in [-0.15, -0.1) is 11.8 Å². The van der Waals surface area contributed by atoms with Gasteiger partial charge in [0.15, 0.2) is 0 Å². The van der Waals surface area contributed by atoms with Crippen LogP contribution >= 0.6 is 11.8 Å². The summed E-state index contributed by atoms with van der Waals surface area (Å²) in [5.41, 5.74) is 0.821. The largest absolute Gasteiger partial charge is 0.338 e. The van der Waals surface area contributed by atoms with Gasteiger partial charge in [-0.1, -0.05) is 0 Å². The van der Waals surface area contributed by atoms with Crippen molar-refractivity contribution in [2.24, 2.45) is 5.92 Å². The first-order valence-corrected chi connectivity index (χ1v) is 8.17. The molecule has 0 bridgehead atoms. The standard InChI is InChI=1S/C15H20N2OS/c1-19-13-4-2-11(3-5-13)15(18)17-9-7-14-12(10-17)6-8-16-14/h2-5,12,14,16H,6-10H2,1H3. The molecule has 0 aliphatic carbocycles. The molecule has 3 nitrogen and oxygen atoms in total. The lowest BCUT2D eigenvalue weighted by molar-refractivity contribution is 0.0662. The number of likely N-dealkylation sites (tertiary alicyclic amines) is 1. The van der Waals surface area contributed by atoms with Crippen molar-refractivity contribution in [1.29, 1.82) is 0 Å². The van der Waals surface area contributed by atoms with E-state index >= 15 is 0 Å². The summed E-state index contributed by atoms with van der Waals surface area (Å²) >= 11 is 1.70. The Labute approximate surface area is 118 Å². The lowest BCUT2D eigenvalue weighted by Crippen LogP contribution is -2.46. The van der Waals surface area contributed by atoms with Gasteiger partial charge in [0.1, 0.15) is 0 Å². The number of fused-ring (bicyclic) bond motifs is 1. The summed E-state index contributed by atoms with van der Waals surface area (Å²) in [4.78, 5) is 15.7. The Morgan fingerprint density at radius 3 is 2.84 bits per heavy atom. The second-order valence-corrected chi connectivity index (χ2v) is 6.26. The second kappa shape index (κ2) is 5.55. The summed E-state index contributed by atoms with van der Waals surface area (Å²) in [7, 11) is 0. The van der Waals surface area contributed by atoms with E-state index in [1.54, 1.807) is 11.8 Å². The predicted octanol–water partition coefficient (Wildman–Crippen LogP) is 2.23. The Morgan fingerprint density at radius 1 is 1.32 bits per heavy atom. The van der Waals surface area contributed by atoms with Crippen LogP contribution in [0, 0.1) is 5.92 Å². The minimum Gasteiger partial charge on any atom is -0.338 e. The third kappa shape index (κ3) is 2.65. The minimum atomic E-state index is 0.193. The number of carbonyl (C=O) groups is 1. The summed E-state index contributed by atoms with van der Waals surface area (Å²) in [5.74, 6) is 0.848. The Morgan fingerprint density at radius 2 is 2.11 bits per heavy atom. The Balaban J connectivity index is 1.69. The van der Waals surface area contributed by atoms with Gasteiger partial charge in [-0.2, -0.15) is 0 Å². The molecule has 0 radical (unpaired) electrons. The fourth-order valence-corrected chi connectivity index (χ4v) is 3.56. The summed E-state index contributed by atoms with van der Waals surface area (Å²) in [6.07, 6.45) is 4.36. The molecule has 2 atom stereocenters. The van der Waals surface area contributed by atoms with Crippen LogP contribution < -0.4 is 5.32 Å². The monoisotopic (exact) mass is 276 g/mol. The van der Waals surface area contributed by atoms with Crippen LogP contribution in [0.5, 0.6) is 0 Å². The number of nitrogens with zero attached hydrogens (tertiary/aromatic N) is 1. The summed E-state index contributed by atoms with van der Waals surface area (Å²) < 4.78 is 0. The highest BCUT2D eigenvalue weighted by molar-refractivity contribution is 7.98. The van der Waals surface area contributed by atoms with Gasteiger partial charge in [0.25, 0.3) is 5.91 Å². The van der Waals surface area contributed by atoms with E-state index in [1.807, 2.05) is 29.2 Å². The van der Waals surface area contributed by atoms with Gasteiger partial charge in [-0.25, -0.2) is 0 Å². The topological polar surface area (TPSA) is 32.3 Å². The van der Waals surface area contributed by atoms with E-state index in [0.29, 0.717) is 12.0 Å². The van der Waals surface area contributed by atoms with Gasteiger partial charge in [0, 0.05) is 29.6 Å². The number of thioether (sulfide) groups is 1. The molecular weight excluding hydrogens is 256 g/mol. The molecule has 2 aliphatic heterocycles. The first-order valence-electron chi connectivity index (χ1n) is 6.94. The minimum absolute atomic E-state index is 0.193. The smallest absolute Gasteiger partial charge is 0.253 e. The maximum Gasteiger partial charge on any atom is 0.253 e. The van der Waals surface area contributed by atoms with Crippen molar-refractivity contribution in [1.82, 2.24) is 10.2 Å². The van der Waals surface area contributed by atoms with E-state index in [1.165, 1.54) is 11.3 Å². The molecule has 4 heteroatoms. The van der Waals surface area contributed by atoms with Gasteiger partial charge < -0.3 is 10.2 Å². The second-order valence-electron chi connectivity index (χ2n) is 5.38. The lowest BCUT2D eigenvalue weighted by atomic mass is 9.93. The molecule has 2 aliphatic rings. The van der Waals surface area contributed by atoms with Gasteiger partial charge in [-0.05, 0) is 55.8 Å². The molecule has 102 valence electrons. The van der Waals surface area contributed by atoms with E-state index in [0.717, 1.165) is 31.6 Å². The van der Waals surface area contributed by atoms with Gasteiger partial charge in [0.2, 0.25) is 0 Å². The number of hydrogen-bond acceptors (Lipinski definition) is 3. The third-order valence-electron chi connectivity index (χ3n) is 4.28. The Bertz CT molecular complexity index is 460. The molecule has 3 rings (SSSR count). The first kappa shape index (κ1) is 13.0. The number of hydrogen-bond donors (Lipinski definition) is 1. The zero-order valence-electron chi connectivity index (χ0n) is 11.3. The van der Waals surface area contributed by atoms with Gasteiger partial charge in [-0.3, -0.25) is 4.79 Å². The van der Waals surface area contributed by atoms with Gasteiger partial charge >= 0.3 is 0 Å². The Hall–Kier alpha value is -1.00. The number of rotatable bonds is 2. The predicted molar refractivity (Wildman–Crippen MR) is 78.6 cm³/mol. The molecule has 1 N–H and O–H groups in total. The van der Waals surface area contributed by atoms with Crippen molar-refractivity contribution >= 4 is 17.7 Å². The first-order chi connectivity index (χ1) is 9.28. The number of piperidine rings is 1. The number of nitrogens with one attached hydrogen (secondary N) is 1. The average Bonchev–Trinajstić information content (AvgIpc) is 2.94. The molecular formula is C15H20N2OS. The van der Waals surface area contributed by atoms with Crippen LogP contribution in [0.4, 0.5) is 0 Å². The van der Waals surface area contributed by atoms with Crippen LogP contribution in [0.25, 0.3) is 0 Å². The molecule has 2 unspecified atom stereocenters. The zero-order valence-corrected chi connectivity index (χ0v) is 12.1. The molecule has 2 heterocycles. The molecule has 1 aromatic rings. The summed E-state index contributed by atoms with van der Waals surface area (Å²) in [6, 6.07) is 8.60. The highest BCUT2D eigenvalue weighted by Crippen LogP contribution is 2.26. The molecule has 1 amide bonds. The number of amides is 1. The molecule has 2 saturated heterocycles. The molecule has 1 aromatic carbocycles. The fourth-order valence-electron chi connectivity index (χ4n) is 3.15. The van der Waals surface area contributed by atoms with Crippen LogP contribution in [-0.2, 0) is 0 Å². The van der Waals surface area contributed by atoms with Crippen molar-refractivity contribution in [2.45, 2.75) is 23.8 Å². The summed E-state index contributed by atoms with van der Waals surface area (Å²) in [6.45, 7) is 2.91. The van der Waals surface area contributed by atoms with E-state index in [9.17, 15) is 4.79 Å². The average molecular weight is 276 g/mol. The van der Waals surface area contributed by atoms with E-state index in [4.69, 9.17) is 0 Å². The van der Waals surface area contributed by atoms with Crippen LogP contribution in [0.3, 0.4) is 0 Å². The SMILES string of the molecule is CSc1ccc(C(=O)N2CCC3NCCC3C2)cc1. The Kier molecular flexibility index (Phi) is 3.80. The maximum atomic E-state index is 12.5. The van der Waals surface area contributed by atoms with Gasteiger partial charge in [0.05, 0.1) is 0 Å². The highest BCUT2D eigenvalue weighted by Gasteiger charge is 2.34.